The van der Waals surface area contributed by atoms with Crippen LogP contribution in [0.1, 0.15) is 24.0 Å². The van der Waals surface area contributed by atoms with E-state index < -0.39 is 21.6 Å². The van der Waals surface area contributed by atoms with Gasteiger partial charge in [-0.15, -0.1) is 0 Å². The predicted molar refractivity (Wildman–Crippen MR) is 83.3 cm³/mol. The van der Waals surface area contributed by atoms with Crippen LogP contribution in [-0.2, 0) is 14.8 Å². The molecular weight excluding hydrogens is 318 g/mol. The standard InChI is InChI=1S/C15H19N3O4S/c1-10-3-4-12(11(2)9-10)23(21,22)18-7-5-15(6-8-18)13(19)16-14(20)17-15/h3-4,9H,5-8H2,1-2H3,(H2,16,17,19,20). The molecule has 1 spiro atoms. The summed E-state index contributed by atoms with van der Waals surface area (Å²) in [6, 6.07) is 4.72. The first-order chi connectivity index (χ1) is 10.7. The van der Waals surface area contributed by atoms with Gasteiger partial charge in [-0.3, -0.25) is 10.1 Å². The molecule has 2 fully saturated rings. The minimum absolute atomic E-state index is 0.198. The molecule has 8 heteroatoms. The fourth-order valence-corrected chi connectivity index (χ4v) is 4.86. The lowest BCUT2D eigenvalue weighted by Crippen LogP contribution is -2.55. The molecule has 0 atom stereocenters. The summed E-state index contributed by atoms with van der Waals surface area (Å²) in [7, 11) is -3.60. The quantitative estimate of drug-likeness (QED) is 0.775. The topological polar surface area (TPSA) is 95.6 Å². The van der Waals surface area contributed by atoms with Crippen LogP contribution in [0.3, 0.4) is 0 Å². The second-order valence-electron chi connectivity index (χ2n) is 6.16. The van der Waals surface area contributed by atoms with E-state index in [9.17, 15) is 18.0 Å². The third-order valence-corrected chi connectivity index (χ3v) is 6.60. The van der Waals surface area contributed by atoms with Crippen molar-refractivity contribution in [2.75, 3.05) is 13.1 Å². The first-order valence-electron chi connectivity index (χ1n) is 7.46. The fourth-order valence-electron chi connectivity index (χ4n) is 3.22. The van der Waals surface area contributed by atoms with E-state index in [-0.39, 0.29) is 31.8 Å². The summed E-state index contributed by atoms with van der Waals surface area (Å²) in [5.74, 6) is -0.369. The highest BCUT2D eigenvalue weighted by molar-refractivity contribution is 7.89. The Bertz CT molecular complexity index is 780. The minimum atomic E-state index is -3.60. The number of nitrogens with one attached hydrogen (secondary N) is 2. The molecule has 3 rings (SSSR count). The van der Waals surface area contributed by atoms with Crippen molar-refractivity contribution in [2.45, 2.75) is 37.1 Å². The molecule has 7 nitrogen and oxygen atoms in total. The predicted octanol–water partition coefficient (Wildman–Crippen LogP) is 0.666. The number of hydrogen-bond donors (Lipinski definition) is 2. The van der Waals surface area contributed by atoms with E-state index in [0.717, 1.165) is 5.56 Å². The van der Waals surface area contributed by atoms with Gasteiger partial charge in [0.05, 0.1) is 4.90 Å². The Labute approximate surface area is 135 Å². The van der Waals surface area contributed by atoms with Crippen LogP contribution < -0.4 is 10.6 Å². The summed E-state index contributed by atoms with van der Waals surface area (Å²) in [6.07, 6.45) is 0.545. The third-order valence-electron chi connectivity index (χ3n) is 4.54. The molecule has 0 saturated carbocycles. The number of urea groups is 1. The van der Waals surface area contributed by atoms with E-state index in [2.05, 4.69) is 10.6 Å². The van der Waals surface area contributed by atoms with Crippen molar-refractivity contribution in [3.8, 4) is 0 Å². The maximum atomic E-state index is 12.8. The van der Waals surface area contributed by atoms with Crippen molar-refractivity contribution in [3.63, 3.8) is 0 Å². The second-order valence-corrected chi connectivity index (χ2v) is 8.07. The van der Waals surface area contributed by atoms with Crippen LogP contribution in [0.4, 0.5) is 4.79 Å². The monoisotopic (exact) mass is 337 g/mol. The van der Waals surface area contributed by atoms with Gasteiger partial charge in [0, 0.05) is 13.1 Å². The van der Waals surface area contributed by atoms with Crippen molar-refractivity contribution in [2.24, 2.45) is 0 Å². The average Bonchev–Trinajstić information content (AvgIpc) is 2.73. The van der Waals surface area contributed by atoms with Gasteiger partial charge in [-0.05, 0) is 38.3 Å². The highest BCUT2D eigenvalue weighted by Crippen LogP contribution is 2.30. The largest absolute Gasteiger partial charge is 0.323 e. The number of carbonyl (C=O) groups is 2. The Balaban J connectivity index is 1.82. The van der Waals surface area contributed by atoms with Gasteiger partial charge < -0.3 is 5.32 Å². The molecule has 2 aliphatic heterocycles. The molecule has 0 aromatic heterocycles. The molecule has 1 aromatic carbocycles. The average molecular weight is 337 g/mol. The van der Waals surface area contributed by atoms with E-state index >= 15 is 0 Å². The Morgan fingerprint density at radius 1 is 1.13 bits per heavy atom. The molecule has 3 amide bonds. The highest BCUT2D eigenvalue weighted by atomic mass is 32.2. The van der Waals surface area contributed by atoms with Gasteiger partial charge in [0.15, 0.2) is 0 Å². The van der Waals surface area contributed by atoms with Crippen LogP contribution in [0.15, 0.2) is 23.1 Å². The van der Waals surface area contributed by atoms with Crippen LogP contribution >= 0.6 is 0 Å². The number of imide groups is 1. The van der Waals surface area contributed by atoms with Crippen LogP contribution in [0, 0.1) is 13.8 Å². The number of hydrogen-bond acceptors (Lipinski definition) is 4. The van der Waals surface area contributed by atoms with Gasteiger partial charge in [0.25, 0.3) is 5.91 Å². The van der Waals surface area contributed by atoms with Gasteiger partial charge in [0.1, 0.15) is 5.54 Å². The van der Waals surface area contributed by atoms with Gasteiger partial charge in [0.2, 0.25) is 10.0 Å². The Kier molecular flexibility index (Phi) is 3.68. The fraction of sp³-hybridized carbons (Fsp3) is 0.467. The Morgan fingerprint density at radius 2 is 1.78 bits per heavy atom. The summed E-state index contributed by atoms with van der Waals surface area (Å²) in [4.78, 5) is 23.5. The molecule has 2 aliphatic rings. The van der Waals surface area contributed by atoms with E-state index in [0.29, 0.717) is 10.5 Å². The zero-order valence-electron chi connectivity index (χ0n) is 13.0. The number of carbonyl (C=O) groups excluding carboxylic acids is 2. The minimum Gasteiger partial charge on any atom is -0.323 e. The van der Waals surface area contributed by atoms with Crippen LogP contribution in [0.25, 0.3) is 0 Å². The molecular formula is C15H19N3O4S. The smallest absolute Gasteiger partial charge is 0.322 e. The maximum Gasteiger partial charge on any atom is 0.322 e. The SMILES string of the molecule is Cc1ccc(S(=O)(=O)N2CCC3(CC2)NC(=O)NC3=O)c(C)c1. The first kappa shape index (κ1) is 15.9. The van der Waals surface area contributed by atoms with Gasteiger partial charge in [-0.2, -0.15) is 4.31 Å². The molecule has 0 radical (unpaired) electrons. The summed E-state index contributed by atoms with van der Waals surface area (Å²) in [6.45, 7) is 4.08. The zero-order valence-corrected chi connectivity index (χ0v) is 13.9. The highest BCUT2D eigenvalue weighted by Gasteiger charge is 2.49. The number of amides is 3. The van der Waals surface area contributed by atoms with Crippen molar-refractivity contribution in [1.82, 2.24) is 14.9 Å². The Hall–Kier alpha value is -1.93. The number of nitrogens with zero attached hydrogens (tertiary/aromatic N) is 1. The molecule has 2 saturated heterocycles. The number of sulfonamides is 1. The number of benzene rings is 1. The van der Waals surface area contributed by atoms with Gasteiger partial charge in [-0.1, -0.05) is 17.7 Å². The third kappa shape index (κ3) is 2.61. The maximum absolute atomic E-state index is 12.8. The van der Waals surface area contributed by atoms with Crippen molar-refractivity contribution in [3.05, 3.63) is 29.3 Å². The molecule has 23 heavy (non-hydrogen) atoms. The molecule has 2 N–H and O–H groups in total. The Morgan fingerprint density at radius 3 is 2.30 bits per heavy atom. The van der Waals surface area contributed by atoms with Crippen LogP contribution in [-0.4, -0.2) is 43.3 Å². The molecule has 0 aliphatic carbocycles. The van der Waals surface area contributed by atoms with Crippen LogP contribution in [0.2, 0.25) is 0 Å². The lowest BCUT2D eigenvalue weighted by atomic mass is 9.89. The number of piperidine rings is 1. The lowest BCUT2D eigenvalue weighted by molar-refractivity contribution is -0.125. The molecule has 124 valence electrons. The number of rotatable bonds is 2. The summed E-state index contributed by atoms with van der Waals surface area (Å²) in [5.41, 5.74) is 0.743. The molecule has 1 aromatic rings. The van der Waals surface area contributed by atoms with Crippen molar-refractivity contribution >= 4 is 22.0 Å². The zero-order chi connectivity index (χ0) is 16.8. The van der Waals surface area contributed by atoms with Crippen molar-refractivity contribution < 1.29 is 18.0 Å². The second kappa shape index (κ2) is 5.31. The lowest BCUT2D eigenvalue weighted by Gasteiger charge is -2.36. The summed E-state index contributed by atoms with van der Waals surface area (Å²) in [5, 5.41) is 4.85. The first-order valence-corrected chi connectivity index (χ1v) is 8.90. The normalized spacial score (nSPS) is 21.3. The molecule has 2 heterocycles. The molecule has 0 bridgehead atoms. The van der Waals surface area contributed by atoms with Gasteiger partial charge in [-0.25, -0.2) is 13.2 Å². The summed E-state index contributed by atoms with van der Waals surface area (Å²) < 4.78 is 27.0. The summed E-state index contributed by atoms with van der Waals surface area (Å²) >= 11 is 0. The van der Waals surface area contributed by atoms with Crippen LogP contribution in [0.5, 0.6) is 0 Å². The van der Waals surface area contributed by atoms with E-state index in [1.165, 1.54) is 4.31 Å². The van der Waals surface area contributed by atoms with Crippen molar-refractivity contribution in [1.29, 1.82) is 0 Å². The number of aryl methyl sites for hydroxylation is 2. The van der Waals surface area contributed by atoms with E-state index in [1.54, 1.807) is 19.1 Å². The van der Waals surface area contributed by atoms with E-state index in [4.69, 9.17) is 0 Å². The van der Waals surface area contributed by atoms with Gasteiger partial charge >= 0.3 is 6.03 Å². The molecule has 0 unspecified atom stereocenters. The van der Waals surface area contributed by atoms with E-state index in [1.807, 2.05) is 13.0 Å².